The van der Waals surface area contributed by atoms with Gasteiger partial charge in [0.2, 0.25) is 12.3 Å². The molecular formula is C15H18N2O5. The van der Waals surface area contributed by atoms with E-state index in [9.17, 15) is 14.4 Å². The van der Waals surface area contributed by atoms with E-state index in [1.54, 1.807) is 25.2 Å². The van der Waals surface area contributed by atoms with Gasteiger partial charge in [-0.25, -0.2) is 0 Å². The van der Waals surface area contributed by atoms with Gasteiger partial charge in [-0.3, -0.25) is 14.4 Å². The zero-order chi connectivity index (χ0) is 16.5. The lowest BCUT2D eigenvalue weighted by atomic mass is 10.1. The molecule has 7 nitrogen and oxygen atoms in total. The van der Waals surface area contributed by atoms with Crippen LogP contribution in [0.3, 0.4) is 0 Å². The lowest BCUT2D eigenvalue weighted by Gasteiger charge is -2.15. The largest absolute Gasteiger partial charge is 0.462 e. The summed E-state index contributed by atoms with van der Waals surface area (Å²) in [5, 5.41) is 10.2. The van der Waals surface area contributed by atoms with Crippen LogP contribution >= 0.6 is 0 Å². The van der Waals surface area contributed by atoms with E-state index in [1.165, 1.54) is 11.2 Å². The molecule has 22 heavy (non-hydrogen) atoms. The van der Waals surface area contributed by atoms with Crippen molar-refractivity contribution in [3.8, 4) is 0 Å². The number of nitrogens with zero attached hydrogens (tertiary/aromatic N) is 1. The molecule has 2 rings (SSSR count). The van der Waals surface area contributed by atoms with Crippen molar-refractivity contribution in [2.45, 2.75) is 6.42 Å². The Bertz CT molecular complexity index is 650. The maximum Gasteiger partial charge on any atom is 0.221 e. The second-order valence-corrected chi connectivity index (χ2v) is 4.22. The quantitative estimate of drug-likeness (QED) is 0.774. The Labute approximate surface area is 127 Å². The van der Waals surface area contributed by atoms with Gasteiger partial charge in [-0.2, -0.15) is 0 Å². The molecule has 0 radical (unpaired) electrons. The van der Waals surface area contributed by atoms with Crippen molar-refractivity contribution in [2.24, 2.45) is 0 Å². The molecule has 1 heterocycles. The molecule has 118 valence electrons. The fourth-order valence-corrected chi connectivity index (χ4v) is 1.90. The van der Waals surface area contributed by atoms with Gasteiger partial charge >= 0.3 is 0 Å². The van der Waals surface area contributed by atoms with E-state index >= 15 is 0 Å². The van der Waals surface area contributed by atoms with Crippen LogP contribution in [0.15, 0.2) is 28.9 Å². The van der Waals surface area contributed by atoms with Gasteiger partial charge < -0.3 is 19.7 Å². The zero-order valence-corrected chi connectivity index (χ0v) is 12.4. The number of rotatable bonds is 6. The molecule has 0 bridgehead atoms. The minimum Gasteiger partial charge on any atom is -0.462 e. The van der Waals surface area contributed by atoms with Gasteiger partial charge in [-0.05, 0) is 12.1 Å². The molecule has 0 aliphatic heterocycles. The highest BCUT2D eigenvalue weighted by Crippen LogP contribution is 2.29. The van der Waals surface area contributed by atoms with Crippen molar-refractivity contribution in [3.63, 3.8) is 0 Å². The van der Waals surface area contributed by atoms with Gasteiger partial charge in [0.1, 0.15) is 18.1 Å². The highest BCUT2D eigenvalue weighted by Gasteiger charge is 2.14. The summed E-state index contributed by atoms with van der Waals surface area (Å²) in [6, 6.07) is 4.97. The van der Waals surface area contributed by atoms with E-state index in [4.69, 9.17) is 9.52 Å². The first-order valence-electron chi connectivity index (χ1n) is 6.53. The van der Waals surface area contributed by atoms with Crippen LogP contribution in [0.1, 0.15) is 16.8 Å². The van der Waals surface area contributed by atoms with Crippen molar-refractivity contribution in [3.05, 3.63) is 30.0 Å². The molecule has 1 aromatic carbocycles. The Balaban J connectivity index is 0.00000116. The minimum atomic E-state index is -0.145. The number of carbonyl (C=O) groups is 3. The number of carbonyl (C=O) groups excluding carboxylic acids is 3. The number of furan rings is 1. The number of nitrogens with one attached hydrogen (secondary N) is 1. The normalized spacial score (nSPS) is 9.59. The summed E-state index contributed by atoms with van der Waals surface area (Å²) in [6.07, 6.45) is 3.03. The van der Waals surface area contributed by atoms with E-state index in [1.807, 2.05) is 0 Å². The molecule has 0 atom stereocenters. The third kappa shape index (κ3) is 3.92. The number of aliphatic hydroxyl groups excluding tert-OH is 1. The standard InChI is InChI=1S/C14H14N2O4.CH4O/c1-15-14(19)4-5-16(9-18)12-8-20-13-6-10(7-17)2-3-11(12)13;1-2/h2-3,6-9H,4-5H2,1H3,(H,15,19);2H,1H3. The fourth-order valence-electron chi connectivity index (χ4n) is 1.90. The topological polar surface area (TPSA) is 99.9 Å². The van der Waals surface area contributed by atoms with Crippen LogP contribution < -0.4 is 10.2 Å². The highest BCUT2D eigenvalue weighted by molar-refractivity contribution is 5.98. The van der Waals surface area contributed by atoms with Gasteiger partial charge in [-0.15, -0.1) is 0 Å². The molecule has 0 spiro atoms. The molecule has 2 amide bonds. The first kappa shape index (κ1) is 17.4. The SMILES string of the molecule is CNC(=O)CCN(C=O)c1coc2cc(C=O)ccc12.CO. The molecule has 0 fully saturated rings. The Hall–Kier alpha value is -2.67. The summed E-state index contributed by atoms with van der Waals surface area (Å²) in [6.45, 7) is 0.257. The van der Waals surface area contributed by atoms with Gasteiger partial charge in [-0.1, -0.05) is 6.07 Å². The molecule has 0 saturated heterocycles. The van der Waals surface area contributed by atoms with E-state index in [-0.39, 0.29) is 18.9 Å². The second-order valence-electron chi connectivity index (χ2n) is 4.22. The van der Waals surface area contributed by atoms with E-state index in [2.05, 4.69) is 5.32 Å². The zero-order valence-electron chi connectivity index (χ0n) is 12.4. The first-order valence-corrected chi connectivity index (χ1v) is 6.53. The van der Waals surface area contributed by atoms with Gasteiger partial charge in [0.15, 0.2) is 0 Å². The molecule has 0 saturated carbocycles. The smallest absolute Gasteiger partial charge is 0.221 e. The third-order valence-corrected chi connectivity index (χ3v) is 3.01. The summed E-state index contributed by atoms with van der Waals surface area (Å²) in [7, 11) is 2.54. The number of hydrogen-bond acceptors (Lipinski definition) is 5. The number of anilines is 1. The first-order chi connectivity index (χ1) is 10.7. The highest BCUT2D eigenvalue weighted by atomic mass is 16.3. The van der Waals surface area contributed by atoms with Gasteiger partial charge in [0, 0.05) is 38.1 Å². The van der Waals surface area contributed by atoms with Crippen molar-refractivity contribution in [2.75, 3.05) is 25.6 Å². The summed E-state index contributed by atoms with van der Waals surface area (Å²) >= 11 is 0. The average molecular weight is 306 g/mol. The van der Waals surface area contributed by atoms with Crippen molar-refractivity contribution in [1.29, 1.82) is 0 Å². The number of hydrogen-bond donors (Lipinski definition) is 2. The van der Waals surface area contributed by atoms with Crippen LogP contribution in [0.25, 0.3) is 11.0 Å². The predicted octanol–water partition coefficient (Wildman–Crippen LogP) is 0.953. The Morgan fingerprint density at radius 3 is 2.68 bits per heavy atom. The van der Waals surface area contributed by atoms with Crippen LogP contribution in [0.4, 0.5) is 5.69 Å². The van der Waals surface area contributed by atoms with Crippen LogP contribution in [0, 0.1) is 0 Å². The van der Waals surface area contributed by atoms with Crippen molar-refractivity contribution >= 4 is 35.3 Å². The van der Waals surface area contributed by atoms with Gasteiger partial charge in [0.25, 0.3) is 0 Å². The minimum absolute atomic E-state index is 0.145. The molecule has 2 aromatic rings. The Kier molecular flexibility index (Phi) is 6.78. The van der Waals surface area contributed by atoms with Gasteiger partial charge in [0.05, 0.1) is 5.69 Å². The maximum atomic E-state index is 11.2. The third-order valence-electron chi connectivity index (χ3n) is 3.01. The lowest BCUT2D eigenvalue weighted by molar-refractivity contribution is -0.120. The lowest BCUT2D eigenvalue weighted by Crippen LogP contribution is -2.28. The molecule has 1 aromatic heterocycles. The molecule has 2 N–H and O–H groups in total. The Morgan fingerprint density at radius 1 is 1.36 bits per heavy atom. The molecular weight excluding hydrogens is 288 g/mol. The summed E-state index contributed by atoms with van der Waals surface area (Å²) in [4.78, 5) is 34.5. The van der Waals surface area contributed by atoms with Crippen molar-refractivity contribution in [1.82, 2.24) is 5.32 Å². The predicted molar refractivity (Wildman–Crippen MR) is 81.8 cm³/mol. The summed E-state index contributed by atoms with van der Waals surface area (Å²) in [5.41, 5.74) is 1.61. The van der Waals surface area contributed by atoms with Crippen LogP contribution in [-0.4, -0.2) is 44.4 Å². The van der Waals surface area contributed by atoms with Crippen LogP contribution in [-0.2, 0) is 9.59 Å². The summed E-state index contributed by atoms with van der Waals surface area (Å²) in [5.74, 6) is -0.145. The Morgan fingerprint density at radius 2 is 2.09 bits per heavy atom. The van der Waals surface area contributed by atoms with E-state index < -0.39 is 0 Å². The number of fused-ring (bicyclic) bond motifs is 1. The number of aldehydes is 1. The van der Waals surface area contributed by atoms with Crippen LogP contribution in [0.5, 0.6) is 0 Å². The molecule has 0 aliphatic carbocycles. The monoisotopic (exact) mass is 306 g/mol. The number of benzene rings is 1. The number of aliphatic hydroxyl groups is 1. The van der Waals surface area contributed by atoms with E-state index in [0.717, 1.165) is 18.8 Å². The summed E-state index contributed by atoms with van der Waals surface area (Å²) < 4.78 is 5.35. The second kappa shape index (κ2) is 8.58. The fraction of sp³-hybridized carbons (Fsp3) is 0.267. The molecule has 0 aliphatic rings. The molecule has 0 unspecified atom stereocenters. The van der Waals surface area contributed by atoms with Crippen LogP contribution in [0.2, 0.25) is 0 Å². The van der Waals surface area contributed by atoms with Crippen molar-refractivity contribution < 1.29 is 23.9 Å². The van der Waals surface area contributed by atoms with E-state index in [0.29, 0.717) is 23.2 Å². The maximum absolute atomic E-state index is 11.2. The average Bonchev–Trinajstić information content (AvgIpc) is 3.00. The number of amides is 2. The molecule has 7 heteroatoms.